The van der Waals surface area contributed by atoms with Crippen LogP contribution in [0.3, 0.4) is 0 Å². The second kappa shape index (κ2) is 10.5. The van der Waals surface area contributed by atoms with Crippen LogP contribution in [-0.4, -0.2) is 56.1 Å². The number of ether oxygens (including phenoxy) is 1. The number of nitrogens with zero attached hydrogens (tertiary/aromatic N) is 1. The Hall–Kier alpha value is -1.63. The number of carbonyl (C=O) groups excluding carboxylic acids is 2. The molecule has 2 aliphatic rings. The van der Waals surface area contributed by atoms with Crippen LogP contribution in [0.1, 0.15) is 36.0 Å². The van der Waals surface area contributed by atoms with Crippen molar-refractivity contribution in [2.75, 3.05) is 44.7 Å². The van der Waals surface area contributed by atoms with E-state index in [0.29, 0.717) is 44.2 Å². The van der Waals surface area contributed by atoms with Gasteiger partial charge in [0.05, 0.1) is 13.2 Å². The number of nitrogens with one attached hydrogen (secondary N) is 2. The van der Waals surface area contributed by atoms with Gasteiger partial charge in [0.25, 0.3) is 5.91 Å². The molecule has 0 aromatic heterocycles. The predicted molar refractivity (Wildman–Crippen MR) is 104 cm³/mol. The lowest BCUT2D eigenvalue weighted by Gasteiger charge is -2.26. The van der Waals surface area contributed by atoms with Gasteiger partial charge in [-0.1, -0.05) is 0 Å². The summed E-state index contributed by atoms with van der Waals surface area (Å²) in [5.74, 6) is 0.721. The highest BCUT2D eigenvalue weighted by molar-refractivity contribution is 5.95. The first-order valence-corrected chi connectivity index (χ1v) is 9.20. The highest BCUT2D eigenvalue weighted by Crippen LogP contribution is 2.18. The van der Waals surface area contributed by atoms with Crippen LogP contribution in [0.2, 0.25) is 0 Å². The summed E-state index contributed by atoms with van der Waals surface area (Å²) in [4.78, 5) is 26.3. The van der Waals surface area contributed by atoms with Gasteiger partial charge in [-0.15, -0.1) is 12.4 Å². The molecule has 6 nitrogen and oxygen atoms in total. The van der Waals surface area contributed by atoms with Gasteiger partial charge in [-0.05, 0) is 62.5 Å². The molecule has 26 heavy (non-hydrogen) atoms. The molecule has 2 saturated heterocycles. The van der Waals surface area contributed by atoms with E-state index in [4.69, 9.17) is 4.74 Å². The molecular formula is C19H28ClN3O3. The summed E-state index contributed by atoms with van der Waals surface area (Å²) in [7, 11) is 0. The van der Waals surface area contributed by atoms with Gasteiger partial charge < -0.3 is 20.3 Å². The Labute approximate surface area is 161 Å². The maximum atomic E-state index is 12.4. The molecule has 0 saturated carbocycles. The largest absolute Gasteiger partial charge is 0.378 e. The Morgan fingerprint density at radius 1 is 1.12 bits per heavy atom. The third-order valence-electron chi connectivity index (χ3n) is 4.95. The number of anilines is 1. The first kappa shape index (κ1) is 20.7. The molecule has 2 heterocycles. The van der Waals surface area contributed by atoms with Crippen molar-refractivity contribution in [1.29, 1.82) is 0 Å². The molecule has 0 radical (unpaired) electrons. The quantitative estimate of drug-likeness (QED) is 0.821. The summed E-state index contributed by atoms with van der Waals surface area (Å²) >= 11 is 0. The zero-order chi connectivity index (χ0) is 17.5. The average Bonchev–Trinajstić information content (AvgIpc) is 2.68. The third-order valence-corrected chi connectivity index (χ3v) is 4.95. The summed E-state index contributed by atoms with van der Waals surface area (Å²) in [5.41, 5.74) is 1.39. The summed E-state index contributed by atoms with van der Waals surface area (Å²) in [6.07, 6.45) is 3.82. The fourth-order valence-corrected chi connectivity index (χ4v) is 3.37. The second-order valence-corrected chi connectivity index (χ2v) is 6.76. The summed E-state index contributed by atoms with van der Waals surface area (Å²) in [6.45, 7) is 4.58. The van der Waals surface area contributed by atoms with Crippen LogP contribution in [0.4, 0.5) is 5.69 Å². The van der Waals surface area contributed by atoms with Crippen molar-refractivity contribution in [3.8, 4) is 0 Å². The van der Waals surface area contributed by atoms with Crippen LogP contribution in [-0.2, 0) is 9.53 Å². The molecule has 1 aromatic carbocycles. The molecule has 2 fully saturated rings. The van der Waals surface area contributed by atoms with Crippen molar-refractivity contribution in [3.05, 3.63) is 29.8 Å². The second-order valence-electron chi connectivity index (χ2n) is 6.76. The lowest BCUT2D eigenvalue weighted by molar-refractivity contribution is -0.116. The molecule has 2 amide bonds. The van der Waals surface area contributed by atoms with Gasteiger partial charge in [-0.2, -0.15) is 0 Å². The van der Waals surface area contributed by atoms with E-state index in [1.165, 1.54) is 0 Å². The lowest BCUT2D eigenvalue weighted by Crippen LogP contribution is -2.40. The molecule has 0 aliphatic carbocycles. The summed E-state index contributed by atoms with van der Waals surface area (Å²) in [6, 6.07) is 7.16. The number of hydrogen-bond acceptors (Lipinski definition) is 4. The minimum Gasteiger partial charge on any atom is -0.378 e. The fraction of sp³-hybridized carbons (Fsp3) is 0.579. The number of benzene rings is 1. The maximum Gasteiger partial charge on any atom is 0.254 e. The minimum absolute atomic E-state index is 0. The molecule has 0 unspecified atom stereocenters. The Balaban J connectivity index is 0.00000243. The predicted octanol–water partition coefficient (Wildman–Crippen LogP) is 2.30. The molecule has 7 heteroatoms. The number of carbonyl (C=O) groups is 2. The van der Waals surface area contributed by atoms with E-state index < -0.39 is 0 Å². The highest BCUT2D eigenvalue weighted by atomic mass is 35.5. The fourth-order valence-electron chi connectivity index (χ4n) is 3.37. The van der Waals surface area contributed by atoms with E-state index in [9.17, 15) is 9.59 Å². The van der Waals surface area contributed by atoms with Gasteiger partial charge in [0, 0.05) is 30.8 Å². The number of halogens is 1. The van der Waals surface area contributed by atoms with Crippen molar-refractivity contribution in [2.24, 2.45) is 5.92 Å². The van der Waals surface area contributed by atoms with Gasteiger partial charge >= 0.3 is 0 Å². The average molecular weight is 382 g/mol. The molecule has 3 rings (SSSR count). The molecular weight excluding hydrogens is 354 g/mol. The Morgan fingerprint density at radius 2 is 1.77 bits per heavy atom. The maximum absolute atomic E-state index is 12.4. The number of amides is 2. The zero-order valence-corrected chi connectivity index (χ0v) is 15.9. The molecule has 1 aromatic rings. The van der Waals surface area contributed by atoms with Crippen LogP contribution < -0.4 is 10.6 Å². The number of rotatable bonds is 5. The first-order valence-electron chi connectivity index (χ1n) is 9.20. The molecule has 2 aliphatic heterocycles. The van der Waals surface area contributed by atoms with Crippen LogP contribution in [0.25, 0.3) is 0 Å². The van der Waals surface area contributed by atoms with Gasteiger partial charge in [0.1, 0.15) is 0 Å². The van der Waals surface area contributed by atoms with Crippen molar-refractivity contribution in [2.45, 2.75) is 25.7 Å². The molecule has 2 N–H and O–H groups in total. The van der Waals surface area contributed by atoms with Gasteiger partial charge in [0.2, 0.25) is 5.91 Å². The summed E-state index contributed by atoms with van der Waals surface area (Å²) < 4.78 is 5.27. The third kappa shape index (κ3) is 5.97. The van der Waals surface area contributed by atoms with Gasteiger partial charge in [-0.3, -0.25) is 9.59 Å². The van der Waals surface area contributed by atoms with E-state index >= 15 is 0 Å². The molecule has 0 bridgehead atoms. The number of hydrogen-bond donors (Lipinski definition) is 2. The van der Waals surface area contributed by atoms with Gasteiger partial charge in [0.15, 0.2) is 0 Å². The van der Waals surface area contributed by atoms with Gasteiger partial charge in [-0.25, -0.2) is 0 Å². The lowest BCUT2D eigenvalue weighted by atomic mass is 9.93. The van der Waals surface area contributed by atoms with Crippen LogP contribution in [0.15, 0.2) is 24.3 Å². The number of piperidine rings is 1. The zero-order valence-electron chi connectivity index (χ0n) is 15.0. The topological polar surface area (TPSA) is 70.7 Å². The summed E-state index contributed by atoms with van der Waals surface area (Å²) in [5, 5.41) is 6.27. The van der Waals surface area contributed by atoms with E-state index in [2.05, 4.69) is 10.6 Å². The van der Waals surface area contributed by atoms with E-state index in [-0.39, 0.29) is 24.2 Å². The Morgan fingerprint density at radius 3 is 2.42 bits per heavy atom. The molecule has 144 valence electrons. The number of morpholine rings is 1. The van der Waals surface area contributed by atoms with Crippen molar-refractivity contribution < 1.29 is 14.3 Å². The standard InChI is InChI=1S/C19H27N3O3.ClH/c23-18(6-1-15-7-9-20-10-8-15)21-17-4-2-16(3-5-17)19(24)22-11-13-25-14-12-22;/h2-5,15,20H,1,6-14H2,(H,21,23);1H. The van der Waals surface area contributed by atoms with Crippen molar-refractivity contribution in [1.82, 2.24) is 10.2 Å². The normalized spacial score (nSPS) is 18.1. The highest BCUT2D eigenvalue weighted by Gasteiger charge is 2.18. The van der Waals surface area contributed by atoms with Crippen molar-refractivity contribution in [3.63, 3.8) is 0 Å². The first-order chi connectivity index (χ1) is 12.2. The molecule has 0 atom stereocenters. The Kier molecular flexibility index (Phi) is 8.35. The SMILES string of the molecule is Cl.O=C(CCC1CCNCC1)Nc1ccc(C(=O)N2CCOCC2)cc1. The van der Waals surface area contributed by atoms with E-state index in [1.807, 2.05) is 0 Å². The van der Waals surface area contributed by atoms with Crippen LogP contribution >= 0.6 is 12.4 Å². The Bertz CT molecular complexity index is 582. The van der Waals surface area contributed by atoms with Crippen LogP contribution in [0, 0.1) is 5.92 Å². The van der Waals surface area contributed by atoms with E-state index in [0.717, 1.165) is 38.0 Å². The smallest absolute Gasteiger partial charge is 0.254 e. The van der Waals surface area contributed by atoms with E-state index in [1.54, 1.807) is 29.2 Å². The molecule has 0 spiro atoms. The van der Waals surface area contributed by atoms with Crippen molar-refractivity contribution >= 4 is 29.9 Å². The van der Waals surface area contributed by atoms with Crippen LogP contribution in [0.5, 0.6) is 0 Å². The minimum atomic E-state index is 0. The monoisotopic (exact) mass is 381 g/mol.